The van der Waals surface area contributed by atoms with E-state index in [9.17, 15) is 9.59 Å². The smallest absolute Gasteiger partial charge is 0.311 e. The summed E-state index contributed by atoms with van der Waals surface area (Å²) in [5.74, 6) is -0.631. The van der Waals surface area contributed by atoms with Crippen LogP contribution >= 0.6 is 0 Å². The number of hydrogen-bond donors (Lipinski definition) is 0. The molecule has 0 N–H and O–H groups in total. The lowest BCUT2D eigenvalue weighted by molar-refractivity contribution is -0.146. The fourth-order valence-corrected chi connectivity index (χ4v) is 1.86. The Morgan fingerprint density at radius 1 is 0.941 bits per heavy atom. The summed E-state index contributed by atoms with van der Waals surface area (Å²) in [5, 5.41) is 0. The number of rotatable bonds is 6. The van der Waals surface area contributed by atoms with E-state index in [4.69, 9.17) is 14.2 Å². The third-order valence-corrected chi connectivity index (χ3v) is 2.99. The van der Waals surface area contributed by atoms with Crippen molar-refractivity contribution in [2.24, 2.45) is 11.8 Å². The second kappa shape index (κ2) is 5.04. The van der Waals surface area contributed by atoms with Gasteiger partial charge in [-0.3, -0.25) is 9.59 Å². The first-order valence-corrected chi connectivity index (χ1v) is 6.16. The molecule has 0 bridgehead atoms. The molecular formula is C12H18O5. The van der Waals surface area contributed by atoms with Crippen LogP contribution in [0.15, 0.2) is 0 Å². The Kier molecular flexibility index (Phi) is 3.66. The maximum Gasteiger partial charge on any atom is 0.311 e. The van der Waals surface area contributed by atoms with Crippen LogP contribution in [0, 0.1) is 11.8 Å². The quantitative estimate of drug-likeness (QED) is 0.648. The van der Waals surface area contributed by atoms with E-state index < -0.39 is 0 Å². The second-order valence-corrected chi connectivity index (χ2v) is 4.40. The van der Waals surface area contributed by atoms with Gasteiger partial charge >= 0.3 is 11.9 Å². The van der Waals surface area contributed by atoms with E-state index in [-0.39, 0.29) is 36.0 Å². The molecule has 2 saturated carbocycles. The largest absolute Gasteiger partial charge is 0.466 e. The molecule has 2 fully saturated rings. The molecule has 0 aliphatic heterocycles. The summed E-state index contributed by atoms with van der Waals surface area (Å²) in [5.41, 5.74) is 0. The molecule has 2 aliphatic carbocycles. The highest BCUT2D eigenvalue weighted by Crippen LogP contribution is 2.43. The van der Waals surface area contributed by atoms with Crippen LogP contribution in [0.1, 0.15) is 26.7 Å². The number of carbonyl (C=O) groups is 2. The van der Waals surface area contributed by atoms with E-state index in [1.54, 1.807) is 13.8 Å². The van der Waals surface area contributed by atoms with E-state index >= 15 is 0 Å². The predicted molar refractivity (Wildman–Crippen MR) is 58.1 cm³/mol. The standard InChI is InChI=1S/C12H18O5/c1-3-15-11(13)7-5-9(7)17-10-6-8(10)12(14)16-4-2/h7-10H,3-6H2,1-2H3. The molecule has 0 aromatic rings. The van der Waals surface area contributed by atoms with Crippen molar-refractivity contribution in [3.05, 3.63) is 0 Å². The minimum absolute atomic E-state index is 0.0570. The Balaban J connectivity index is 1.65. The lowest BCUT2D eigenvalue weighted by atomic mass is 10.4. The van der Waals surface area contributed by atoms with Gasteiger partial charge in [0.2, 0.25) is 0 Å². The van der Waals surface area contributed by atoms with Crippen LogP contribution in [0.4, 0.5) is 0 Å². The molecule has 0 heterocycles. The molecule has 0 aromatic carbocycles. The molecule has 2 rings (SSSR count). The maximum atomic E-state index is 11.3. The third kappa shape index (κ3) is 2.97. The third-order valence-electron chi connectivity index (χ3n) is 2.99. The normalized spacial score (nSPS) is 34.0. The van der Waals surface area contributed by atoms with Gasteiger partial charge in [-0.1, -0.05) is 0 Å². The lowest BCUT2D eigenvalue weighted by Gasteiger charge is -2.03. The van der Waals surface area contributed by atoms with Gasteiger partial charge in [-0.25, -0.2) is 0 Å². The van der Waals surface area contributed by atoms with Crippen molar-refractivity contribution >= 4 is 11.9 Å². The zero-order valence-corrected chi connectivity index (χ0v) is 10.2. The van der Waals surface area contributed by atoms with Gasteiger partial charge in [0.05, 0.1) is 37.3 Å². The van der Waals surface area contributed by atoms with Gasteiger partial charge in [-0.05, 0) is 26.7 Å². The molecule has 5 heteroatoms. The molecule has 96 valence electrons. The van der Waals surface area contributed by atoms with Gasteiger partial charge in [0.1, 0.15) is 0 Å². The van der Waals surface area contributed by atoms with E-state index in [2.05, 4.69) is 0 Å². The summed E-state index contributed by atoms with van der Waals surface area (Å²) >= 11 is 0. The van der Waals surface area contributed by atoms with Gasteiger partial charge in [-0.2, -0.15) is 0 Å². The van der Waals surface area contributed by atoms with Crippen molar-refractivity contribution in [3.63, 3.8) is 0 Å². The zero-order chi connectivity index (χ0) is 12.4. The molecule has 0 saturated heterocycles. The molecule has 0 aromatic heterocycles. The molecule has 0 amide bonds. The number of esters is 2. The van der Waals surface area contributed by atoms with E-state index in [0.29, 0.717) is 26.1 Å². The first kappa shape index (κ1) is 12.4. The van der Waals surface area contributed by atoms with Crippen molar-refractivity contribution in [2.75, 3.05) is 13.2 Å². The molecule has 4 atom stereocenters. The van der Waals surface area contributed by atoms with Crippen molar-refractivity contribution in [2.45, 2.75) is 38.9 Å². The van der Waals surface area contributed by atoms with E-state index in [1.807, 2.05) is 0 Å². The maximum absolute atomic E-state index is 11.3. The van der Waals surface area contributed by atoms with E-state index in [1.165, 1.54) is 0 Å². The van der Waals surface area contributed by atoms with Gasteiger partial charge in [0.15, 0.2) is 0 Å². The molecule has 17 heavy (non-hydrogen) atoms. The molecule has 5 nitrogen and oxygen atoms in total. The molecular weight excluding hydrogens is 224 g/mol. The summed E-state index contributed by atoms with van der Waals surface area (Å²) in [6.07, 6.45) is 1.31. The second-order valence-electron chi connectivity index (χ2n) is 4.40. The van der Waals surface area contributed by atoms with Gasteiger partial charge in [0, 0.05) is 0 Å². The first-order chi connectivity index (χ1) is 8.17. The van der Waals surface area contributed by atoms with Gasteiger partial charge in [-0.15, -0.1) is 0 Å². The summed E-state index contributed by atoms with van der Waals surface area (Å²) in [6.45, 7) is 4.37. The van der Waals surface area contributed by atoms with Crippen molar-refractivity contribution in [1.82, 2.24) is 0 Å². The summed E-state index contributed by atoms with van der Waals surface area (Å²) in [7, 11) is 0. The summed E-state index contributed by atoms with van der Waals surface area (Å²) in [4.78, 5) is 22.7. The van der Waals surface area contributed by atoms with Gasteiger partial charge < -0.3 is 14.2 Å². The number of hydrogen-bond acceptors (Lipinski definition) is 5. The fourth-order valence-electron chi connectivity index (χ4n) is 1.86. The van der Waals surface area contributed by atoms with Crippen LogP contribution < -0.4 is 0 Å². The fraction of sp³-hybridized carbons (Fsp3) is 0.833. The highest BCUT2D eigenvalue weighted by molar-refractivity contribution is 5.77. The Morgan fingerprint density at radius 3 is 1.71 bits per heavy atom. The molecule has 0 spiro atoms. The van der Waals surface area contributed by atoms with Gasteiger partial charge in [0.25, 0.3) is 0 Å². The highest BCUT2D eigenvalue weighted by atomic mass is 16.6. The predicted octanol–water partition coefficient (Wildman–Crippen LogP) is 0.906. The minimum Gasteiger partial charge on any atom is -0.466 e. The van der Waals surface area contributed by atoms with Crippen LogP contribution in [-0.2, 0) is 23.8 Å². The number of ether oxygens (including phenoxy) is 3. The van der Waals surface area contributed by atoms with Crippen molar-refractivity contribution in [3.8, 4) is 0 Å². The average molecular weight is 242 g/mol. The Morgan fingerprint density at radius 2 is 1.35 bits per heavy atom. The van der Waals surface area contributed by atoms with Crippen LogP contribution in [0.3, 0.4) is 0 Å². The monoisotopic (exact) mass is 242 g/mol. The molecule has 2 aliphatic rings. The van der Waals surface area contributed by atoms with Crippen molar-refractivity contribution in [1.29, 1.82) is 0 Å². The Labute approximate surface area is 100 Å². The Hall–Kier alpha value is -1.10. The molecule has 0 radical (unpaired) electrons. The molecule has 4 unspecified atom stereocenters. The van der Waals surface area contributed by atoms with Crippen molar-refractivity contribution < 1.29 is 23.8 Å². The highest BCUT2D eigenvalue weighted by Gasteiger charge is 2.53. The SMILES string of the molecule is CCOC(=O)C1CC1OC1CC1C(=O)OCC. The lowest BCUT2D eigenvalue weighted by Crippen LogP contribution is -2.14. The average Bonchev–Trinajstić information content (AvgIpc) is 3.16. The van der Waals surface area contributed by atoms with E-state index in [0.717, 1.165) is 0 Å². The van der Waals surface area contributed by atoms with Crippen LogP contribution in [-0.4, -0.2) is 37.4 Å². The first-order valence-electron chi connectivity index (χ1n) is 6.16. The topological polar surface area (TPSA) is 61.8 Å². The zero-order valence-electron chi connectivity index (χ0n) is 10.2. The summed E-state index contributed by atoms with van der Waals surface area (Å²) in [6, 6.07) is 0. The van der Waals surface area contributed by atoms with Crippen LogP contribution in [0.25, 0.3) is 0 Å². The minimum atomic E-state index is -0.189. The summed E-state index contributed by atoms with van der Waals surface area (Å²) < 4.78 is 15.4. The van der Waals surface area contributed by atoms with Crippen LogP contribution in [0.2, 0.25) is 0 Å². The number of carbonyl (C=O) groups excluding carboxylic acids is 2. The Bertz CT molecular complexity index is 284. The van der Waals surface area contributed by atoms with Crippen LogP contribution in [0.5, 0.6) is 0 Å².